The molecule has 0 atom stereocenters. The maximum absolute atomic E-state index is 10.4. The summed E-state index contributed by atoms with van der Waals surface area (Å²) in [4.78, 5) is 0. The molecule has 0 saturated carbocycles. The lowest BCUT2D eigenvalue weighted by Crippen LogP contribution is -2.23. The van der Waals surface area contributed by atoms with Crippen molar-refractivity contribution in [2.75, 3.05) is 14.2 Å². The molecule has 0 amide bonds. The number of methoxy groups -OCH3 is 2. The first-order valence-electron chi connectivity index (χ1n) is 7.44. The Hall–Kier alpha value is -2.00. The van der Waals surface area contributed by atoms with Gasteiger partial charge in [0.1, 0.15) is 11.5 Å². The molecule has 2 rings (SSSR count). The Morgan fingerprint density at radius 1 is 0.864 bits per heavy atom. The van der Waals surface area contributed by atoms with E-state index in [2.05, 4.69) is 0 Å². The molecule has 0 spiro atoms. The minimum absolute atomic E-state index is 0.00713. The van der Waals surface area contributed by atoms with Crippen molar-refractivity contribution < 1.29 is 14.6 Å². The average molecular weight is 300 g/mol. The summed E-state index contributed by atoms with van der Waals surface area (Å²) in [6.45, 7) is 3.65. The Balaban J connectivity index is 2.56. The molecule has 0 aliphatic heterocycles. The summed E-state index contributed by atoms with van der Waals surface area (Å²) >= 11 is 0. The first-order valence-corrected chi connectivity index (χ1v) is 7.44. The van der Waals surface area contributed by atoms with Gasteiger partial charge >= 0.3 is 0 Å². The van der Waals surface area contributed by atoms with Crippen LogP contribution in [-0.4, -0.2) is 24.9 Å². The Labute approximate surface area is 132 Å². The fraction of sp³-hybridized carbons (Fsp3) is 0.368. The highest BCUT2D eigenvalue weighted by molar-refractivity contribution is 5.47. The second-order valence-electron chi connectivity index (χ2n) is 6.05. The molecule has 1 N–H and O–H groups in total. The summed E-state index contributed by atoms with van der Waals surface area (Å²) in [5.74, 6) is 1.64. The van der Waals surface area contributed by atoms with Crippen molar-refractivity contribution in [3.63, 3.8) is 0 Å². The number of ether oxygens (including phenoxy) is 2. The fourth-order valence-corrected chi connectivity index (χ4v) is 2.80. The van der Waals surface area contributed by atoms with Crippen LogP contribution in [0.15, 0.2) is 48.5 Å². The van der Waals surface area contributed by atoms with Gasteiger partial charge in [-0.3, -0.25) is 0 Å². The number of hydrogen-bond donors (Lipinski definition) is 1. The Bertz CT molecular complexity index is 567. The molecular formula is C19H24O3. The molecule has 0 aliphatic rings. The normalized spacial score (nSPS) is 11.5. The molecule has 0 saturated heterocycles. The van der Waals surface area contributed by atoms with Gasteiger partial charge < -0.3 is 14.6 Å². The zero-order chi connectivity index (χ0) is 16.2. The molecule has 2 aromatic carbocycles. The first-order chi connectivity index (χ1) is 10.5. The molecule has 0 radical (unpaired) electrons. The van der Waals surface area contributed by atoms with E-state index in [9.17, 15) is 5.11 Å². The van der Waals surface area contributed by atoms with Crippen LogP contribution in [0.1, 0.15) is 37.3 Å². The monoisotopic (exact) mass is 300 g/mol. The summed E-state index contributed by atoms with van der Waals surface area (Å²) in [6.07, 6.45) is 0.577. The van der Waals surface area contributed by atoms with Crippen LogP contribution in [0.5, 0.6) is 11.5 Å². The minimum atomic E-state index is -0.799. The van der Waals surface area contributed by atoms with Crippen molar-refractivity contribution >= 4 is 0 Å². The Morgan fingerprint density at radius 3 is 1.64 bits per heavy atom. The summed E-state index contributed by atoms with van der Waals surface area (Å²) in [7, 11) is 3.34. The minimum Gasteiger partial charge on any atom is -0.496 e. The molecule has 0 fully saturated rings. The van der Waals surface area contributed by atoms with Crippen LogP contribution in [0, 0.1) is 0 Å². The third-order valence-electron chi connectivity index (χ3n) is 3.73. The van der Waals surface area contributed by atoms with Crippen LogP contribution in [0.4, 0.5) is 0 Å². The quantitative estimate of drug-likeness (QED) is 0.876. The summed E-state index contributed by atoms with van der Waals surface area (Å²) in [5, 5.41) is 10.4. The second-order valence-corrected chi connectivity index (χ2v) is 6.05. The van der Waals surface area contributed by atoms with Gasteiger partial charge in [-0.05, 0) is 32.4 Å². The van der Waals surface area contributed by atoms with Gasteiger partial charge in [0.25, 0.3) is 0 Å². The SMILES string of the molecule is COc1ccccc1C(CC(C)(C)O)c1ccccc1OC. The van der Waals surface area contributed by atoms with E-state index in [1.54, 1.807) is 14.2 Å². The molecule has 2 aromatic rings. The molecular weight excluding hydrogens is 276 g/mol. The molecule has 22 heavy (non-hydrogen) atoms. The Kier molecular flexibility index (Phi) is 5.09. The second kappa shape index (κ2) is 6.84. The van der Waals surface area contributed by atoms with E-state index in [0.29, 0.717) is 6.42 Å². The fourth-order valence-electron chi connectivity index (χ4n) is 2.80. The van der Waals surface area contributed by atoms with E-state index < -0.39 is 5.60 Å². The highest BCUT2D eigenvalue weighted by atomic mass is 16.5. The standard InChI is InChI=1S/C19H24O3/c1-19(2,20)13-16(14-9-5-7-11-17(14)21-3)15-10-6-8-12-18(15)22-4/h5-12,16,20H,13H2,1-4H3. The van der Waals surface area contributed by atoms with Gasteiger partial charge in [-0.25, -0.2) is 0 Å². The number of aliphatic hydroxyl groups is 1. The van der Waals surface area contributed by atoms with E-state index in [1.165, 1.54) is 0 Å². The number of benzene rings is 2. The van der Waals surface area contributed by atoms with Gasteiger partial charge in [-0.15, -0.1) is 0 Å². The van der Waals surface area contributed by atoms with Gasteiger partial charge in [-0.2, -0.15) is 0 Å². The highest BCUT2D eigenvalue weighted by Crippen LogP contribution is 2.40. The molecule has 0 bridgehead atoms. The van der Waals surface area contributed by atoms with Crippen LogP contribution in [0.2, 0.25) is 0 Å². The van der Waals surface area contributed by atoms with Gasteiger partial charge in [0, 0.05) is 17.0 Å². The third kappa shape index (κ3) is 3.80. The van der Waals surface area contributed by atoms with E-state index in [-0.39, 0.29) is 5.92 Å². The predicted molar refractivity (Wildman–Crippen MR) is 88.7 cm³/mol. The van der Waals surface area contributed by atoms with E-state index >= 15 is 0 Å². The van der Waals surface area contributed by atoms with Gasteiger partial charge in [0.05, 0.1) is 19.8 Å². The molecule has 3 nitrogen and oxygen atoms in total. The van der Waals surface area contributed by atoms with Crippen LogP contribution < -0.4 is 9.47 Å². The molecule has 118 valence electrons. The van der Waals surface area contributed by atoms with Crippen LogP contribution in [0.25, 0.3) is 0 Å². The highest BCUT2D eigenvalue weighted by Gasteiger charge is 2.27. The molecule has 0 aliphatic carbocycles. The smallest absolute Gasteiger partial charge is 0.122 e. The molecule has 0 unspecified atom stereocenters. The van der Waals surface area contributed by atoms with Gasteiger partial charge in [0.15, 0.2) is 0 Å². The van der Waals surface area contributed by atoms with Crippen molar-refractivity contribution in [2.24, 2.45) is 0 Å². The van der Waals surface area contributed by atoms with Crippen molar-refractivity contribution in [3.8, 4) is 11.5 Å². The molecule has 0 heterocycles. The lowest BCUT2D eigenvalue weighted by molar-refractivity contribution is 0.0662. The molecule has 0 aromatic heterocycles. The van der Waals surface area contributed by atoms with Crippen molar-refractivity contribution in [3.05, 3.63) is 59.7 Å². The largest absolute Gasteiger partial charge is 0.496 e. The summed E-state index contributed by atoms with van der Waals surface area (Å²) < 4.78 is 11.0. The maximum atomic E-state index is 10.4. The van der Waals surface area contributed by atoms with Crippen LogP contribution in [0.3, 0.4) is 0 Å². The topological polar surface area (TPSA) is 38.7 Å². The van der Waals surface area contributed by atoms with Gasteiger partial charge in [-0.1, -0.05) is 36.4 Å². The number of para-hydroxylation sites is 2. The zero-order valence-corrected chi connectivity index (χ0v) is 13.7. The maximum Gasteiger partial charge on any atom is 0.122 e. The third-order valence-corrected chi connectivity index (χ3v) is 3.73. The number of hydrogen-bond acceptors (Lipinski definition) is 3. The van der Waals surface area contributed by atoms with E-state index in [1.807, 2.05) is 62.4 Å². The molecule has 3 heteroatoms. The number of rotatable bonds is 6. The predicted octanol–water partition coefficient (Wildman–Crippen LogP) is 4.00. The van der Waals surface area contributed by atoms with Crippen LogP contribution >= 0.6 is 0 Å². The summed E-state index contributed by atoms with van der Waals surface area (Å²) in [6, 6.07) is 15.9. The van der Waals surface area contributed by atoms with Crippen LogP contribution in [-0.2, 0) is 0 Å². The lowest BCUT2D eigenvalue weighted by atomic mass is 9.82. The van der Waals surface area contributed by atoms with Crippen molar-refractivity contribution in [1.82, 2.24) is 0 Å². The average Bonchev–Trinajstić information content (AvgIpc) is 2.51. The van der Waals surface area contributed by atoms with Crippen molar-refractivity contribution in [1.29, 1.82) is 0 Å². The van der Waals surface area contributed by atoms with E-state index in [4.69, 9.17) is 9.47 Å². The first kappa shape index (κ1) is 16.4. The summed E-state index contributed by atoms with van der Waals surface area (Å²) in [5.41, 5.74) is 1.31. The van der Waals surface area contributed by atoms with E-state index in [0.717, 1.165) is 22.6 Å². The lowest BCUT2D eigenvalue weighted by Gasteiger charge is -2.28. The van der Waals surface area contributed by atoms with Crippen molar-refractivity contribution in [2.45, 2.75) is 31.8 Å². The zero-order valence-electron chi connectivity index (χ0n) is 13.7. The Morgan fingerprint density at radius 2 is 1.27 bits per heavy atom. The van der Waals surface area contributed by atoms with Gasteiger partial charge in [0.2, 0.25) is 0 Å².